The molecule has 0 aliphatic carbocycles. The number of carbonyl (C=O) groups is 1. The Labute approximate surface area is 107 Å². The van der Waals surface area contributed by atoms with Crippen LogP contribution in [0.1, 0.15) is 29.3 Å². The van der Waals surface area contributed by atoms with Gasteiger partial charge in [0.25, 0.3) is 5.91 Å². The van der Waals surface area contributed by atoms with Crippen LogP contribution in [0.2, 0.25) is 0 Å². The molecule has 98 valence electrons. The largest absolute Gasteiger partial charge is 0.387 e. The van der Waals surface area contributed by atoms with Crippen molar-refractivity contribution < 1.29 is 9.90 Å². The van der Waals surface area contributed by atoms with E-state index in [9.17, 15) is 9.90 Å². The molecule has 0 spiro atoms. The summed E-state index contributed by atoms with van der Waals surface area (Å²) < 4.78 is 0. The van der Waals surface area contributed by atoms with Gasteiger partial charge in [0.1, 0.15) is 0 Å². The zero-order valence-corrected chi connectivity index (χ0v) is 10.7. The molecular formula is C14H20N2O2. The van der Waals surface area contributed by atoms with Gasteiger partial charge in [0, 0.05) is 18.7 Å². The molecule has 1 saturated heterocycles. The van der Waals surface area contributed by atoms with Crippen molar-refractivity contribution in [2.24, 2.45) is 0 Å². The third-order valence-corrected chi connectivity index (χ3v) is 3.42. The lowest BCUT2D eigenvalue weighted by Gasteiger charge is -2.21. The minimum Gasteiger partial charge on any atom is -0.387 e. The third-order valence-electron chi connectivity index (χ3n) is 3.42. The molecule has 1 heterocycles. The molecular weight excluding hydrogens is 228 g/mol. The van der Waals surface area contributed by atoms with Crippen molar-refractivity contribution in [2.75, 3.05) is 19.6 Å². The molecule has 0 saturated carbocycles. The Kier molecular flexibility index (Phi) is 3.99. The van der Waals surface area contributed by atoms with Crippen molar-refractivity contribution >= 4 is 5.91 Å². The molecule has 1 amide bonds. The SMILES string of the molecule is CCc1ccc(C(=O)NCC2(O)CCNC2)cc1. The smallest absolute Gasteiger partial charge is 0.251 e. The molecule has 1 aromatic rings. The highest BCUT2D eigenvalue weighted by atomic mass is 16.3. The minimum absolute atomic E-state index is 0.127. The van der Waals surface area contributed by atoms with Crippen LogP contribution in [0.25, 0.3) is 0 Å². The summed E-state index contributed by atoms with van der Waals surface area (Å²) in [7, 11) is 0. The summed E-state index contributed by atoms with van der Waals surface area (Å²) >= 11 is 0. The van der Waals surface area contributed by atoms with E-state index in [2.05, 4.69) is 17.6 Å². The van der Waals surface area contributed by atoms with Crippen molar-refractivity contribution in [3.05, 3.63) is 35.4 Å². The molecule has 1 aromatic carbocycles. The first-order valence-electron chi connectivity index (χ1n) is 6.43. The standard InChI is InChI=1S/C14H20N2O2/c1-2-11-3-5-12(6-4-11)13(17)16-10-14(18)7-8-15-9-14/h3-6,15,18H,2,7-10H2,1H3,(H,16,17). The minimum atomic E-state index is -0.793. The lowest BCUT2D eigenvalue weighted by molar-refractivity contribution is 0.0562. The molecule has 1 unspecified atom stereocenters. The molecule has 0 radical (unpaired) electrons. The number of aliphatic hydroxyl groups is 1. The van der Waals surface area contributed by atoms with Gasteiger partial charge in [-0.25, -0.2) is 0 Å². The van der Waals surface area contributed by atoms with Crippen LogP contribution < -0.4 is 10.6 Å². The van der Waals surface area contributed by atoms with E-state index >= 15 is 0 Å². The van der Waals surface area contributed by atoms with E-state index in [1.165, 1.54) is 5.56 Å². The van der Waals surface area contributed by atoms with Crippen molar-refractivity contribution in [3.8, 4) is 0 Å². The third kappa shape index (κ3) is 3.09. The molecule has 1 aliphatic rings. The second kappa shape index (κ2) is 5.50. The van der Waals surface area contributed by atoms with Gasteiger partial charge in [-0.05, 0) is 37.1 Å². The van der Waals surface area contributed by atoms with E-state index in [0.717, 1.165) is 13.0 Å². The zero-order valence-electron chi connectivity index (χ0n) is 10.7. The number of benzene rings is 1. The number of β-amino-alcohol motifs (C(OH)–C–C–N with tert-alkyl or cyclic N) is 1. The highest BCUT2D eigenvalue weighted by Crippen LogP contribution is 2.13. The maximum atomic E-state index is 11.9. The Morgan fingerprint density at radius 1 is 1.44 bits per heavy atom. The lowest BCUT2D eigenvalue weighted by Crippen LogP contribution is -2.44. The number of rotatable bonds is 4. The summed E-state index contributed by atoms with van der Waals surface area (Å²) in [5.41, 5.74) is 1.06. The van der Waals surface area contributed by atoms with E-state index in [1.54, 1.807) is 0 Å². The van der Waals surface area contributed by atoms with E-state index in [4.69, 9.17) is 0 Å². The van der Waals surface area contributed by atoms with Crippen LogP contribution in [0.4, 0.5) is 0 Å². The predicted octanol–water partition coefficient (Wildman–Crippen LogP) is 0.703. The molecule has 4 nitrogen and oxygen atoms in total. The summed E-state index contributed by atoms with van der Waals surface area (Å²) in [6.07, 6.45) is 1.65. The van der Waals surface area contributed by atoms with Gasteiger partial charge in [-0.15, -0.1) is 0 Å². The van der Waals surface area contributed by atoms with Crippen molar-refractivity contribution in [3.63, 3.8) is 0 Å². The molecule has 4 heteroatoms. The fourth-order valence-electron chi connectivity index (χ4n) is 2.12. The Morgan fingerprint density at radius 2 is 2.17 bits per heavy atom. The maximum Gasteiger partial charge on any atom is 0.251 e. The van der Waals surface area contributed by atoms with Crippen LogP contribution >= 0.6 is 0 Å². The van der Waals surface area contributed by atoms with Gasteiger partial charge < -0.3 is 15.7 Å². The molecule has 1 aliphatic heterocycles. The van der Waals surface area contributed by atoms with Crippen LogP contribution in [0, 0.1) is 0 Å². The summed E-state index contributed by atoms with van der Waals surface area (Å²) in [6, 6.07) is 7.57. The van der Waals surface area contributed by atoms with Crippen molar-refractivity contribution in [1.29, 1.82) is 0 Å². The quantitative estimate of drug-likeness (QED) is 0.735. The van der Waals surface area contributed by atoms with Crippen LogP contribution in [0.5, 0.6) is 0 Å². The van der Waals surface area contributed by atoms with Gasteiger partial charge in [0.15, 0.2) is 0 Å². The zero-order chi connectivity index (χ0) is 13.0. The van der Waals surface area contributed by atoms with Crippen LogP contribution in [0.3, 0.4) is 0 Å². The number of amides is 1. The van der Waals surface area contributed by atoms with Gasteiger partial charge >= 0.3 is 0 Å². The highest BCUT2D eigenvalue weighted by molar-refractivity contribution is 5.94. The molecule has 1 atom stereocenters. The number of hydrogen-bond acceptors (Lipinski definition) is 3. The molecule has 18 heavy (non-hydrogen) atoms. The Balaban J connectivity index is 1.90. The average Bonchev–Trinajstić information content (AvgIpc) is 2.83. The summed E-state index contributed by atoms with van der Waals surface area (Å²) in [5, 5.41) is 16.0. The van der Waals surface area contributed by atoms with Crippen LogP contribution in [-0.4, -0.2) is 36.2 Å². The van der Waals surface area contributed by atoms with Gasteiger partial charge in [0.2, 0.25) is 0 Å². The molecule has 2 rings (SSSR count). The van der Waals surface area contributed by atoms with E-state index < -0.39 is 5.60 Å². The Morgan fingerprint density at radius 3 is 2.72 bits per heavy atom. The van der Waals surface area contributed by atoms with Crippen molar-refractivity contribution in [1.82, 2.24) is 10.6 Å². The van der Waals surface area contributed by atoms with Gasteiger partial charge in [-0.3, -0.25) is 4.79 Å². The average molecular weight is 248 g/mol. The Bertz CT molecular complexity index is 408. The first-order valence-corrected chi connectivity index (χ1v) is 6.43. The first kappa shape index (κ1) is 13.1. The van der Waals surface area contributed by atoms with E-state index in [0.29, 0.717) is 25.1 Å². The highest BCUT2D eigenvalue weighted by Gasteiger charge is 2.31. The number of nitrogens with one attached hydrogen (secondary N) is 2. The second-order valence-corrected chi connectivity index (χ2v) is 4.88. The summed E-state index contributed by atoms with van der Waals surface area (Å²) in [4.78, 5) is 11.9. The predicted molar refractivity (Wildman–Crippen MR) is 70.6 cm³/mol. The van der Waals surface area contributed by atoms with Crippen LogP contribution in [0.15, 0.2) is 24.3 Å². The topological polar surface area (TPSA) is 61.4 Å². The van der Waals surface area contributed by atoms with E-state index in [1.807, 2.05) is 24.3 Å². The number of carbonyl (C=O) groups excluding carboxylic acids is 1. The number of hydrogen-bond donors (Lipinski definition) is 3. The first-order chi connectivity index (χ1) is 8.63. The van der Waals surface area contributed by atoms with Crippen molar-refractivity contribution in [2.45, 2.75) is 25.4 Å². The summed E-state index contributed by atoms with van der Waals surface area (Å²) in [6.45, 7) is 3.73. The summed E-state index contributed by atoms with van der Waals surface area (Å²) in [5.74, 6) is -0.127. The van der Waals surface area contributed by atoms with Gasteiger partial charge in [-0.1, -0.05) is 19.1 Å². The molecule has 3 N–H and O–H groups in total. The van der Waals surface area contributed by atoms with Gasteiger partial charge in [-0.2, -0.15) is 0 Å². The fourth-order valence-corrected chi connectivity index (χ4v) is 2.12. The Hall–Kier alpha value is -1.39. The fraction of sp³-hybridized carbons (Fsp3) is 0.500. The number of aryl methyl sites for hydroxylation is 1. The maximum absolute atomic E-state index is 11.9. The molecule has 1 fully saturated rings. The van der Waals surface area contributed by atoms with Gasteiger partial charge in [0.05, 0.1) is 5.60 Å². The normalized spacial score (nSPS) is 23.0. The monoisotopic (exact) mass is 248 g/mol. The molecule has 0 bridgehead atoms. The van der Waals surface area contributed by atoms with Crippen LogP contribution in [-0.2, 0) is 6.42 Å². The molecule has 0 aromatic heterocycles. The van der Waals surface area contributed by atoms with E-state index in [-0.39, 0.29) is 5.91 Å². The second-order valence-electron chi connectivity index (χ2n) is 4.88. The lowest BCUT2D eigenvalue weighted by atomic mass is 10.0.